The Hall–Kier alpha value is -1.29. The van der Waals surface area contributed by atoms with E-state index in [9.17, 15) is 13.2 Å². The molecule has 0 aliphatic rings. The molecule has 0 saturated heterocycles. The average Bonchev–Trinajstić information content (AvgIpc) is 2.26. The highest BCUT2D eigenvalue weighted by atomic mass is 19.2. The van der Waals surface area contributed by atoms with Crippen molar-refractivity contribution >= 4 is 0 Å². The molecule has 0 aliphatic carbocycles. The zero-order valence-electron chi connectivity index (χ0n) is 9.06. The highest BCUT2D eigenvalue weighted by molar-refractivity contribution is 5.25. The van der Waals surface area contributed by atoms with Crippen LogP contribution >= 0.6 is 0 Å². The fourth-order valence-corrected chi connectivity index (χ4v) is 1.39. The van der Waals surface area contributed by atoms with Gasteiger partial charge < -0.3 is 5.32 Å². The summed E-state index contributed by atoms with van der Waals surface area (Å²) < 4.78 is 38.7. The van der Waals surface area contributed by atoms with Crippen molar-refractivity contribution in [3.05, 3.63) is 47.8 Å². The molecule has 0 spiro atoms. The van der Waals surface area contributed by atoms with E-state index in [2.05, 4.69) is 11.9 Å². The van der Waals surface area contributed by atoms with E-state index in [1.54, 1.807) is 0 Å². The topological polar surface area (TPSA) is 12.0 Å². The van der Waals surface area contributed by atoms with Gasteiger partial charge in [-0.05, 0) is 30.7 Å². The smallest absolute Gasteiger partial charge is 0.194 e. The van der Waals surface area contributed by atoms with E-state index in [4.69, 9.17) is 0 Å². The average molecular weight is 229 g/mol. The van der Waals surface area contributed by atoms with Gasteiger partial charge in [0.05, 0.1) is 6.04 Å². The van der Waals surface area contributed by atoms with Crippen molar-refractivity contribution < 1.29 is 13.2 Å². The quantitative estimate of drug-likeness (QED) is 0.603. The van der Waals surface area contributed by atoms with Crippen molar-refractivity contribution in [2.75, 3.05) is 6.54 Å². The minimum atomic E-state index is -1.44. The molecule has 0 fully saturated rings. The van der Waals surface area contributed by atoms with Gasteiger partial charge in [-0.15, -0.1) is 6.58 Å². The maximum absolute atomic E-state index is 13.0. The normalized spacial score (nSPS) is 12.5. The zero-order valence-corrected chi connectivity index (χ0v) is 9.06. The summed E-state index contributed by atoms with van der Waals surface area (Å²) in [6, 6.07) is 1.59. The van der Waals surface area contributed by atoms with Crippen molar-refractivity contribution in [3.8, 4) is 0 Å². The predicted molar refractivity (Wildman–Crippen MR) is 57.5 cm³/mol. The SMILES string of the molecule is C=CC(NCCC)c1cc(F)c(F)c(F)c1. The Balaban J connectivity index is 2.97. The highest BCUT2D eigenvalue weighted by Crippen LogP contribution is 2.20. The van der Waals surface area contributed by atoms with Crippen molar-refractivity contribution in [2.45, 2.75) is 19.4 Å². The molecule has 1 aromatic rings. The lowest BCUT2D eigenvalue weighted by molar-refractivity contribution is 0.443. The van der Waals surface area contributed by atoms with Crippen LogP contribution in [0.5, 0.6) is 0 Å². The maximum atomic E-state index is 13.0. The molecule has 16 heavy (non-hydrogen) atoms. The standard InChI is InChI=1S/C12H14F3N/c1-3-5-16-11(4-2)8-6-9(13)12(15)10(14)7-8/h4,6-7,11,16H,2-3,5H2,1H3. The molecule has 1 aromatic carbocycles. The van der Waals surface area contributed by atoms with E-state index >= 15 is 0 Å². The Morgan fingerprint density at radius 2 is 1.88 bits per heavy atom. The van der Waals surface area contributed by atoms with Gasteiger partial charge in [0.25, 0.3) is 0 Å². The van der Waals surface area contributed by atoms with E-state index < -0.39 is 17.5 Å². The number of benzene rings is 1. The minimum absolute atomic E-state index is 0.333. The summed E-state index contributed by atoms with van der Waals surface area (Å²) in [7, 11) is 0. The zero-order chi connectivity index (χ0) is 12.1. The molecule has 88 valence electrons. The Labute approximate surface area is 93.0 Å². The third kappa shape index (κ3) is 2.85. The van der Waals surface area contributed by atoms with Crippen LogP contribution < -0.4 is 5.32 Å². The number of hydrogen-bond donors (Lipinski definition) is 1. The monoisotopic (exact) mass is 229 g/mol. The van der Waals surface area contributed by atoms with Gasteiger partial charge in [-0.2, -0.15) is 0 Å². The summed E-state index contributed by atoms with van der Waals surface area (Å²) >= 11 is 0. The van der Waals surface area contributed by atoms with Crippen molar-refractivity contribution in [2.24, 2.45) is 0 Å². The fraction of sp³-hybridized carbons (Fsp3) is 0.333. The second kappa shape index (κ2) is 5.70. The van der Waals surface area contributed by atoms with Gasteiger partial charge in [-0.25, -0.2) is 13.2 Å². The molecular weight excluding hydrogens is 215 g/mol. The van der Waals surface area contributed by atoms with E-state index in [-0.39, 0.29) is 6.04 Å². The van der Waals surface area contributed by atoms with Crippen LogP contribution in [0.4, 0.5) is 13.2 Å². The van der Waals surface area contributed by atoms with Gasteiger partial charge in [-0.1, -0.05) is 13.0 Å². The van der Waals surface area contributed by atoms with Gasteiger partial charge in [0.2, 0.25) is 0 Å². The second-order valence-corrected chi connectivity index (χ2v) is 3.47. The number of nitrogens with one attached hydrogen (secondary N) is 1. The molecule has 1 rings (SSSR count). The first-order valence-electron chi connectivity index (χ1n) is 5.10. The van der Waals surface area contributed by atoms with Crippen LogP contribution in [0.3, 0.4) is 0 Å². The first-order valence-corrected chi connectivity index (χ1v) is 5.10. The van der Waals surface area contributed by atoms with Crippen LogP contribution in [0.25, 0.3) is 0 Å². The summed E-state index contributed by atoms with van der Waals surface area (Å²) in [6.07, 6.45) is 2.41. The molecule has 0 radical (unpaired) electrons. The van der Waals surface area contributed by atoms with Crippen LogP contribution in [-0.4, -0.2) is 6.54 Å². The highest BCUT2D eigenvalue weighted by Gasteiger charge is 2.14. The summed E-state index contributed by atoms with van der Waals surface area (Å²) in [4.78, 5) is 0. The van der Waals surface area contributed by atoms with Gasteiger partial charge in [0, 0.05) is 0 Å². The van der Waals surface area contributed by atoms with E-state index in [1.807, 2.05) is 6.92 Å². The molecule has 4 heteroatoms. The molecule has 1 unspecified atom stereocenters. The van der Waals surface area contributed by atoms with Crippen molar-refractivity contribution in [1.29, 1.82) is 0 Å². The van der Waals surface area contributed by atoms with Gasteiger partial charge >= 0.3 is 0 Å². The van der Waals surface area contributed by atoms with Crippen LogP contribution in [0.15, 0.2) is 24.8 Å². The summed E-state index contributed by atoms with van der Waals surface area (Å²) in [5, 5.41) is 3.04. The first-order chi connectivity index (χ1) is 7.60. The lowest BCUT2D eigenvalue weighted by atomic mass is 10.1. The van der Waals surface area contributed by atoms with Gasteiger partial charge in [-0.3, -0.25) is 0 Å². The van der Waals surface area contributed by atoms with Crippen LogP contribution in [0.1, 0.15) is 24.9 Å². The summed E-state index contributed by atoms with van der Waals surface area (Å²) in [6.45, 7) is 6.23. The molecule has 0 heterocycles. The largest absolute Gasteiger partial charge is 0.307 e. The van der Waals surface area contributed by atoms with Crippen LogP contribution in [0.2, 0.25) is 0 Å². The molecule has 0 aromatic heterocycles. The molecule has 0 aliphatic heterocycles. The molecule has 0 bridgehead atoms. The predicted octanol–water partition coefficient (Wildman–Crippen LogP) is 3.33. The number of halogens is 3. The Morgan fingerprint density at radius 1 is 1.31 bits per heavy atom. The van der Waals surface area contributed by atoms with E-state index in [0.717, 1.165) is 18.6 Å². The first kappa shape index (κ1) is 12.8. The summed E-state index contributed by atoms with van der Waals surface area (Å²) in [5.74, 6) is -3.80. The Morgan fingerprint density at radius 3 is 2.31 bits per heavy atom. The van der Waals surface area contributed by atoms with Gasteiger partial charge in [0.1, 0.15) is 0 Å². The lowest BCUT2D eigenvalue weighted by Crippen LogP contribution is -2.20. The van der Waals surface area contributed by atoms with Crippen LogP contribution in [0, 0.1) is 17.5 Å². The fourth-order valence-electron chi connectivity index (χ4n) is 1.39. The molecular formula is C12H14F3N. The van der Waals surface area contributed by atoms with E-state index in [1.165, 1.54) is 6.08 Å². The molecule has 1 N–H and O–H groups in total. The van der Waals surface area contributed by atoms with E-state index in [0.29, 0.717) is 12.1 Å². The molecule has 0 amide bonds. The maximum Gasteiger partial charge on any atom is 0.194 e. The van der Waals surface area contributed by atoms with Crippen LogP contribution in [-0.2, 0) is 0 Å². The number of rotatable bonds is 5. The van der Waals surface area contributed by atoms with Crippen molar-refractivity contribution in [3.63, 3.8) is 0 Å². The Bertz CT molecular complexity index is 354. The number of hydrogen-bond acceptors (Lipinski definition) is 1. The minimum Gasteiger partial charge on any atom is -0.307 e. The van der Waals surface area contributed by atoms with Crippen molar-refractivity contribution in [1.82, 2.24) is 5.32 Å². The Kier molecular flexibility index (Phi) is 4.55. The lowest BCUT2D eigenvalue weighted by Gasteiger charge is -2.15. The summed E-state index contributed by atoms with van der Waals surface area (Å²) in [5.41, 5.74) is 0.333. The molecule has 1 nitrogen and oxygen atoms in total. The second-order valence-electron chi connectivity index (χ2n) is 3.47. The molecule has 0 saturated carbocycles. The third-order valence-electron chi connectivity index (χ3n) is 2.22. The van der Waals surface area contributed by atoms with Gasteiger partial charge in [0.15, 0.2) is 17.5 Å². The molecule has 1 atom stereocenters. The third-order valence-corrected chi connectivity index (χ3v) is 2.22.